The minimum absolute atomic E-state index is 0.0843. The van der Waals surface area contributed by atoms with Crippen LogP contribution in [0.25, 0.3) is 0 Å². The zero-order valence-electron chi connectivity index (χ0n) is 13.9. The molecule has 3 rings (SSSR count). The van der Waals surface area contributed by atoms with Gasteiger partial charge in [0.15, 0.2) is 0 Å². The Hall–Kier alpha value is -2.96. The Balaban J connectivity index is 1.65. The number of hydrogen-bond acceptors (Lipinski definition) is 5. The lowest BCUT2D eigenvalue weighted by atomic mass is 9.94. The van der Waals surface area contributed by atoms with Gasteiger partial charge in [0.05, 0.1) is 18.1 Å². The molecule has 7 heteroatoms. The first-order chi connectivity index (χ1) is 11.4. The Morgan fingerprint density at radius 3 is 2.67 bits per heavy atom. The first-order valence-corrected chi connectivity index (χ1v) is 7.61. The maximum absolute atomic E-state index is 12.1. The fourth-order valence-electron chi connectivity index (χ4n) is 2.09. The number of amides is 1. The number of carbonyl (C=O) groups excluding carboxylic acids is 1. The predicted octanol–water partition coefficient (Wildman–Crippen LogP) is 2.86. The lowest BCUT2D eigenvalue weighted by Gasteiger charge is -2.13. The van der Waals surface area contributed by atoms with Gasteiger partial charge in [0.1, 0.15) is 12.3 Å². The minimum Gasteiger partial charge on any atom is -0.443 e. The highest BCUT2D eigenvalue weighted by atomic mass is 16.4. The van der Waals surface area contributed by atoms with E-state index < -0.39 is 0 Å². The van der Waals surface area contributed by atoms with E-state index in [0.29, 0.717) is 23.7 Å². The molecule has 3 aromatic rings. The molecule has 0 unspecified atom stereocenters. The van der Waals surface area contributed by atoms with E-state index in [-0.39, 0.29) is 11.3 Å². The quantitative estimate of drug-likeness (QED) is 0.797. The molecule has 0 aliphatic carbocycles. The average Bonchev–Trinajstić information content (AvgIpc) is 3.18. The lowest BCUT2D eigenvalue weighted by Crippen LogP contribution is -2.11. The highest BCUT2D eigenvalue weighted by Crippen LogP contribution is 2.23. The van der Waals surface area contributed by atoms with E-state index in [9.17, 15) is 4.79 Å². The van der Waals surface area contributed by atoms with Crippen molar-refractivity contribution in [3.63, 3.8) is 0 Å². The number of pyridine rings is 1. The van der Waals surface area contributed by atoms with Crippen molar-refractivity contribution in [2.45, 2.75) is 32.7 Å². The molecule has 1 amide bonds. The lowest BCUT2D eigenvalue weighted by molar-refractivity contribution is 0.102. The van der Waals surface area contributed by atoms with Crippen molar-refractivity contribution >= 4 is 11.6 Å². The zero-order chi connectivity index (χ0) is 17.2. The molecule has 3 aromatic heterocycles. The largest absolute Gasteiger partial charge is 0.443 e. The molecule has 0 bridgehead atoms. The molecule has 0 fully saturated rings. The van der Waals surface area contributed by atoms with E-state index in [1.807, 2.05) is 0 Å². The Morgan fingerprint density at radius 1 is 1.25 bits per heavy atom. The van der Waals surface area contributed by atoms with E-state index in [4.69, 9.17) is 4.42 Å². The average molecular weight is 325 g/mol. The summed E-state index contributed by atoms with van der Waals surface area (Å²) < 4.78 is 7.41. The van der Waals surface area contributed by atoms with E-state index in [1.54, 1.807) is 47.8 Å². The Bertz CT molecular complexity index is 830. The van der Waals surface area contributed by atoms with Gasteiger partial charge >= 0.3 is 0 Å². The molecule has 24 heavy (non-hydrogen) atoms. The van der Waals surface area contributed by atoms with Crippen molar-refractivity contribution in [1.29, 1.82) is 0 Å². The third-order valence-corrected chi connectivity index (χ3v) is 3.42. The van der Waals surface area contributed by atoms with Gasteiger partial charge in [-0.25, -0.2) is 4.98 Å². The highest BCUT2D eigenvalue weighted by Gasteiger charge is 2.19. The summed E-state index contributed by atoms with van der Waals surface area (Å²) in [6.07, 6.45) is 8.22. The van der Waals surface area contributed by atoms with E-state index in [1.165, 1.54) is 0 Å². The number of nitrogens with one attached hydrogen (secondary N) is 1. The van der Waals surface area contributed by atoms with Crippen LogP contribution in [-0.4, -0.2) is 25.7 Å². The Morgan fingerprint density at radius 2 is 2.00 bits per heavy atom. The molecule has 0 atom stereocenters. The van der Waals surface area contributed by atoms with Crippen LogP contribution in [0.5, 0.6) is 0 Å². The minimum atomic E-state index is -0.205. The smallest absolute Gasteiger partial charge is 0.255 e. The van der Waals surface area contributed by atoms with Crippen LogP contribution in [0.2, 0.25) is 0 Å². The summed E-state index contributed by atoms with van der Waals surface area (Å²) in [5.41, 5.74) is 1.07. The van der Waals surface area contributed by atoms with Gasteiger partial charge in [0.25, 0.3) is 5.91 Å². The van der Waals surface area contributed by atoms with Crippen molar-refractivity contribution in [2.24, 2.45) is 0 Å². The number of oxazole rings is 1. The molecule has 0 saturated heterocycles. The highest BCUT2D eigenvalue weighted by molar-refractivity contribution is 6.03. The van der Waals surface area contributed by atoms with Crippen LogP contribution in [0.3, 0.4) is 0 Å². The van der Waals surface area contributed by atoms with Crippen molar-refractivity contribution in [1.82, 2.24) is 19.7 Å². The SMILES string of the molecule is CC(C)(C)c1cnc(Cn2cc(NC(=O)c3ccncc3)cn2)o1. The summed E-state index contributed by atoms with van der Waals surface area (Å²) in [4.78, 5) is 20.3. The normalized spacial score (nSPS) is 11.5. The molecule has 0 spiro atoms. The molecule has 0 aliphatic heterocycles. The van der Waals surface area contributed by atoms with Gasteiger partial charge in [0, 0.05) is 29.6 Å². The van der Waals surface area contributed by atoms with Crippen LogP contribution in [0.4, 0.5) is 5.69 Å². The summed E-state index contributed by atoms with van der Waals surface area (Å²) in [5, 5.41) is 7.01. The molecule has 1 N–H and O–H groups in total. The van der Waals surface area contributed by atoms with Gasteiger partial charge < -0.3 is 9.73 Å². The van der Waals surface area contributed by atoms with Gasteiger partial charge in [-0.3, -0.25) is 14.5 Å². The number of nitrogens with zero attached hydrogens (tertiary/aromatic N) is 4. The van der Waals surface area contributed by atoms with Gasteiger partial charge in [0.2, 0.25) is 5.89 Å². The molecule has 0 saturated carbocycles. The standard InChI is InChI=1S/C17H19N5O2/c1-17(2,3)14-9-19-15(24-14)11-22-10-13(8-20-22)21-16(23)12-4-6-18-7-5-12/h4-10H,11H2,1-3H3,(H,21,23). The first kappa shape index (κ1) is 15.9. The third-order valence-electron chi connectivity index (χ3n) is 3.42. The van der Waals surface area contributed by atoms with Crippen LogP contribution in [-0.2, 0) is 12.0 Å². The van der Waals surface area contributed by atoms with Crippen molar-refractivity contribution in [3.05, 3.63) is 60.3 Å². The monoisotopic (exact) mass is 325 g/mol. The molecular weight excluding hydrogens is 306 g/mol. The molecule has 0 aromatic carbocycles. The van der Waals surface area contributed by atoms with Crippen LogP contribution in [0, 0.1) is 0 Å². The fraction of sp³-hybridized carbons (Fsp3) is 0.294. The number of hydrogen-bond donors (Lipinski definition) is 1. The number of rotatable bonds is 4. The second-order valence-corrected chi connectivity index (χ2v) is 6.48. The number of anilines is 1. The Labute approximate surface area is 139 Å². The molecule has 0 radical (unpaired) electrons. The molecule has 7 nitrogen and oxygen atoms in total. The predicted molar refractivity (Wildman–Crippen MR) is 88.7 cm³/mol. The van der Waals surface area contributed by atoms with E-state index in [2.05, 4.69) is 41.2 Å². The summed E-state index contributed by atoms with van der Waals surface area (Å²) in [5.74, 6) is 1.20. The summed E-state index contributed by atoms with van der Waals surface area (Å²) in [7, 11) is 0. The Kier molecular flexibility index (Phi) is 4.16. The maximum atomic E-state index is 12.1. The van der Waals surface area contributed by atoms with Crippen LogP contribution in [0.15, 0.2) is 47.5 Å². The summed E-state index contributed by atoms with van der Waals surface area (Å²) in [6.45, 7) is 6.61. The van der Waals surface area contributed by atoms with Crippen molar-refractivity contribution in [2.75, 3.05) is 5.32 Å². The molecule has 124 valence electrons. The van der Waals surface area contributed by atoms with Gasteiger partial charge in [-0.1, -0.05) is 20.8 Å². The second kappa shape index (κ2) is 6.27. The topological polar surface area (TPSA) is 85.8 Å². The first-order valence-electron chi connectivity index (χ1n) is 7.61. The molecular formula is C17H19N5O2. The molecule has 0 aliphatic rings. The van der Waals surface area contributed by atoms with Gasteiger partial charge in [-0.05, 0) is 12.1 Å². The van der Waals surface area contributed by atoms with Crippen LogP contribution >= 0.6 is 0 Å². The van der Waals surface area contributed by atoms with Crippen LogP contribution in [0.1, 0.15) is 42.8 Å². The number of carbonyl (C=O) groups is 1. The van der Waals surface area contributed by atoms with Gasteiger partial charge in [-0.15, -0.1) is 0 Å². The maximum Gasteiger partial charge on any atom is 0.255 e. The van der Waals surface area contributed by atoms with Crippen molar-refractivity contribution < 1.29 is 9.21 Å². The van der Waals surface area contributed by atoms with E-state index >= 15 is 0 Å². The van der Waals surface area contributed by atoms with Gasteiger partial charge in [-0.2, -0.15) is 5.10 Å². The van der Waals surface area contributed by atoms with Crippen molar-refractivity contribution in [3.8, 4) is 0 Å². The number of aromatic nitrogens is 4. The fourth-order valence-corrected chi connectivity index (χ4v) is 2.09. The van der Waals surface area contributed by atoms with Crippen LogP contribution < -0.4 is 5.32 Å². The second-order valence-electron chi connectivity index (χ2n) is 6.48. The summed E-state index contributed by atoms with van der Waals surface area (Å²) >= 11 is 0. The molecule has 3 heterocycles. The zero-order valence-corrected chi connectivity index (χ0v) is 13.9. The third kappa shape index (κ3) is 3.68. The van der Waals surface area contributed by atoms with E-state index in [0.717, 1.165) is 5.76 Å². The summed E-state index contributed by atoms with van der Waals surface area (Å²) in [6, 6.07) is 3.31.